The van der Waals surface area contributed by atoms with Crippen LogP contribution in [0.15, 0.2) is 24.3 Å². The summed E-state index contributed by atoms with van der Waals surface area (Å²) < 4.78 is 7.32. The van der Waals surface area contributed by atoms with Crippen LogP contribution in [0.1, 0.15) is 32.1 Å². The number of benzene rings is 1. The van der Waals surface area contributed by atoms with Crippen molar-refractivity contribution in [2.45, 2.75) is 32.1 Å². The number of rotatable bonds is 3. The second kappa shape index (κ2) is 6.40. The SMILES string of the molecule is C[N+]1(CC2CCCCC2)CCN(c2nsc3ccccc23)CC1. The molecule has 4 heteroatoms. The largest absolute Gasteiger partial charge is 0.344 e. The van der Waals surface area contributed by atoms with Crippen LogP contribution in [0.2, 0.25) is 0 Å². The number of nitrogens with zero attached hydrogens (tertiary/aromatic N) is 3. The van der Waals surface area contributed by atoms with Gasteiger partial charge in [-0.15, -0.1) is 0 Å². The Labute approximate surface area is 143 Å². The van der Waals surface area contributed by atoms with E-state index < -0.39 is 0 Å². The lowest BCUT2D eigenvalue weighted by atomic mass is 9.88. The molecule has 0 radical (unpaired) electrons. The van der Waals surface area contributed by atoms with Crippen LogP contribution in [0.3, 0.4) is 0 Å². The number of fused-ring (bicyclic) bond motifs is 1. The summed E-state index contributed by atoms with van der Waals surface area (Å²) in [4.78, 5) is 2.51. The van der Waals surface area contributed by atoms with Crippen molar-refractivity contribution in [2.75, 3.05) is 44.7 Å². The molecule has 2 aliphatic rings. The van der Waals surface area contributed by atoms with Gasteiger partial charge in [-0.25, -0.2) is 0 Å². The molecule has 1 aliphatic heterocycles. The Morgan fingerprint density at radius 3 is 2.65 bits per heavy atom. The maximum absolute atomic E-state index is 4.74. The van der Waals surface area contributed by atoms with Crippen LogP contribution in [0.5, 0.6) is 0 Å². The second-order valence-electron chi connectivity index (χ2n) is 7.74. The number of likely N-dealkylation sites (N-methyl/N-ethyl adjacent to an activating group) is 1. The van der Waals surface area contributed by atoms with Crippen LogP contribution in [0.4, 0.5) is 5.82 Å². The van der Waals surface area contributed by atoms with Crippen LogP contribution in [0, 0.1) is 5.92 Å². The highest BCUT2D eigenvalue weighted by molar-refractivity contribution is 7.13. The number of hydrogen-bond acceptors (Lipinski definition) is 3. The van der Waals surface area contributed by atoms with E-state index in [1.54, 1.807) is 11.5 Å². The highest BCUT2D eigenvalue weighted by atomic mass is 32.1. The Morgan fingerprint density at radius 2 is 1.87 bits per heavy atom. The molecule has 1 aromatic heterocycles. The summed E-state index contributed by atoms with van der Waals surface area (Å²) in [7, 11) is 2.48. The van der Waals surface area contributed by atoms with Crippen molar-refractivity contribution < 1.29 is 4.48 Å². The Morgan fingerprint density at radius 1 is 1.13 bits per heavy atom. The zero-order valence-corrected chi connectivity index (χ0v) is 15.0. The minimum absolute atomic E-state index is 0.973. The van der Waals surface area contributed by atoms with Crippen molar-refractivity contribution in [1.29, 1.82) is 0 Å². The highest BCUT2D eigenvalue weighted by Gasteiger charge is 2.33. The Hall–Kier alpha value is -1.13. The molecule has 0 amide bonds. The molecule has 0 unspecified atom stereocenters. The highest BCUT2D eigenvalue weighted by Crippen LogP contribution is 2.31. The van der Waals surface area contributed by atoms with Crippen molar-refractivity contribution in [3.8, 4) is 0 Å². The lowest BCUT2D eigenvalue weighted by molar-refractivity contribution is -0.913. The fraction of sp³-hybridized carbons (Fsp3) is 0.632. The monoisotopic (exact) mass is 330 g/mol. The van der Waals surface area contributed by atoms with Crippen molar-refractivity contribution in [3.63, 3.8) is 0 Å². The molecule has 1 saturated carbocycles. The first-order valence-electron chi connectivity index (χ1n) is 9.16. The van der Waals surface area contributed by atoms with Crippen LogP contribution in [0.25, 0.3) is 10.1 Å². The molecule has 1 aliphatic carbocycles. The third-order valence-electron chi connectivity index (χ3n) is 5.90. The average Bonchev–Trinajstić information content (AvgIpc) is 3.00. The molecular formula is C19H28N3S+. The summed E-state index contributed by atoms with van der Waals surface area (Å²) in [5, 5.41) is 1.33. The van der Waals surface area contributed by atoms with Gasteiger partial charge in [-0.2, -0.15) is 4.37 Å². The van der Waals surface area contributed by atoms with E-state index in [-0.39, 0.29) is 0 Å². The van der Waals surface area contributed by atoms with Gasteiger partial charge < -0.3 is 9.38 Å². The maximum atomic E-state index is 4.74. The van der Waals surface area contributed by atoms with E-state index in [0.29, 0.717) is 0 Å². The predicted molar refractivity (Wildman–Crippen MR) is 99.2 cm³/mol. The minimum Gasteiger partial charge on any atom is -0.344 e. The number of aromatic nitrogens is 1. The van der Waals surface area contributed by atoms with Gasteiger partial charge in [0.25, 0.3) is 0 Å². The van der Waals surface area contributed by atoms with Gasteiger partial charge in [-0.05, 0) is 36.5 Å². The van der Waals surface area contributed by atoms with Gasteiger partial charge in [0.1, 0.15) is 0 Å². The number of quaternary nitrogens is 1. The smallest absolute Gasteiger partial charge is 0.150 e. The molecule has 124 valence electrons. The third-order valence-corrected chi connectivity index (χ3v) is 6.72. The minimum atomic E-state index is 0.973. The number of hydrogen-bond donors (Lipinski definition) is 0. The van der Waals surface area contributed by atoms with E-state index >= 15 is 0 Å². The van der Waals surface area contributed by atoms with Gasteiger partial charge >= 0.3 is 0 Å². The summed E-state index contributed by atoms with van der Waals surface area (Å²) in [6.07, 6.45) is 7.32. The Kier molecular flexibility index (Phi) is 4.29. The quantitative estimate of drug-likeness (QED) is 0.786. The molecule has 0 bridgehead atoms. The topological polar surface area (TPSA) is 16.1 Å². The van der Waals surface area contributed by atoms with Gasteiger partial charge in [0.15, 0.2) is 5.82 Å². The summed E-state index contributed by atoms with van der Waals surface area (Å²) in [5.41, 5.74) is 0. The van der Waals surface area contributed by atoms with E-state index in [4.69, 9.17) is 4.37 Å². The first-order chi connectivity index (χ1) is 11.2. The molecule has 0 N–H and O–H groups in total. The van der Waals surface area contributed by atoms with Gasteiger partial charge in [0.05, 0.1) is 44.5 Å². The molecule has 1 aromatic carbocycles. The second-order valence-corrected chi connectivity index (χ2v) is 8.55. The lowest BCUT2D eigenvalue weighted by Crippen LogP contribution is -2.59. The molecule has 1 saturated heterocycles. The van der Waals surface area contributed by atoms with Crippen LogP contribution in [-0.4, -0.2) is 48.6 Å². The Bertz CT molecular complexity index is 651. The number of piperazine rings is 1. The van der Waals surface area contributed by atoms with Crippen LogP contribution in [-0.2, 0) is 0 Å². The molecule has 3 nitrogen and oxygen atoms in total. The lowest BCUT2D eigenvalue weighted by Gasteiger charge is -2.44. The molecular weight excluding hydrogens is 302 g/mol. The Balaban J connectivity index is 1.42. The summed E-state index contributed by atoms with van der Waals surface area (Å²) in [6.45, 7) is 6.23. The van der Waals surface area contributed by atoms with Crippen LogP contribution >= 0.6 is 11.5 Å². The molecule has 2 heterocycles. The molecule has 4 rings (SSSR count). The third kappa shape index (κ3) is 3.24. The van der Waals surface area contributed by atoms with Crippen LogP contribution < -0.4 is 4.90 Å². The fourth-order valence-electron chi connectivity index (χ4n) is 4.44. The molecule has 2 aromatic rings. The summed E-state index contributed by atoms with van der Waals surface area (Å²) in [5.74, 6) is 2.19. The van der Waals surface area contributed by atoms with E-state index in [1.165, 1.54) is 72.1 Å². The number of anilines is 1. The molecule has 2 fully saturated rings. The van der Waals surface area contributed by atoms with Crippen molar-refractivity contribution in [2.24, 2.45) is 5.92 Å². The summed E-state index contributed by atoms with van der Waals surface area (Å²) >= 11 is 1.64. The van der Waals surface area contributed by atoms with Gasteiger partial charge in [-0.1, -0.05) is 31.4 Å². The van der Waals surface area contributed by atoms with Crippen molar-refractivity contribution >= 4 is 27.4 Å². The normalized spacial score (nSPS) is 22.6. The van der Waals surface area contributed by atoms with Gasteiger partial charge in [0.2, 0.25) is 0 Å². The zero-order valence-electron chi connectivity index (χ0n) is 14.2. The van der Waals surface area contributed by atoms with E-state index in [2.05, 4.69) is 36.2 Å². The molecule has 23 heavy (non-hydrogen) atoms. The van der Waals surface area contributed by atoms with E-state index in [9.17, 15) is 0 Å². The first-order valence-corrected chi connectivity index (χ1v) is 9.94. The maximum Gasteiger partial charge on any atom is 0.150 e. The molecule has 0 spiro atoms. The van der Waals surface area contributed by atoms with Crippen molar-refractivity contribution in [3.05, 3.63) is 24.3 Å². The zero-order chi connectivity index (χ0) is 15.7. The van der Waals surface area contributed by atoms with E-state index in [1.807, 2.05) is 0 Å². The van der Waals surface area contributed by atoms with Gasteiger partial charge in [-0.3, -0.25) is 0 Å². The first kappa shape index (κ1) is 15.4. The van der Waals surface area contributed by atoms with Crippen molar-refractivity contribution in [1.82, 2.24) is 4.37 Å². The van der Waals surface area contributed by atoms with E-state index in [0.717, 1.165) is 19.0 Å². The predicted octanol–water partition coefficient (Wildman–Crippen LogP) is 4.14. The van der Waals surface area contributed by atoms with Gasteiger partial charge in [0, 0.05) is 11.3 Å². The average molecular weight is 331 g/mol. The standard InChI is InChI=1S/C19H28N3S/c1-22(15-16-7-3-2-4-8-16)13-11-21(12-14-22)19-17-9-5-6-10-18(17)23-20-19/h5-6,9-10,16H,2-4,7-8,11-15H2,1H3/q+1. The fourth-order valence-corrected chi connectivity index (χ4v) is 5.23. The molecule has 0 atom stereocenters. The summed E-state index contributed by atoms with van der Waals surface area (Å²) in [6, 6.07) is 8.65.